The van der Waals surface area contributed by atoms with E-state index in [0.717, 1.165) is 0 Å². The van der Waals surface area contributed by atoms with Crippen LogP contribution in [-0.4, -0.2) is 58.6 Å². The number of esters is 1. The molecule has 8 heteroatoms. The Hall–Kier alpha value is -2.12. The fraction of sp³-hybridized carbons (Fsp3) is 0.692. The van der Waals surface area contributed by atoms with E-state index in [4.69, 9.17) is 14.9 Å². The lowest BCUT2D eigenvalue weighted by molar-refractivity contribution is -0.178. The largest absolute Gasteiger partial charge is 0.481 e. The summed E-state index contributed by atoms with van der Waals surface area (Å²) in [4.78, 5) is 46.8. The zero-order chi connectivity index (χ0) is 16.2. The van der Waals surface area contributed by atoms with Gasteiger partial charge in [-0.3, -0.25) is 19.2 Å². The predicted octanol–water partition coefficient (Wildman–Crippen LogP) is -0.180. The average Bonchev–Trinajstić information content (AvgIpc) is 2.35. The molecule has 0 aromatic rings. The number of carboxylic acids is 2. The Morgan fingerprint density at radius 3 is 1.90 bits per heavy atom. The third kappa shape index (κ3) is 3.71. The van der Waals surface area contributed by atoms with Gasteiger partial charge >= 0.3 is 17.9 Å². The topological polar surface area (TPSA) is 121 Å². The van der Waals surface area contributed by atoms with Crippen LogP contribution in [0.5, 0.6) is 0 Å². The van der Waals surface area contributed by atoms with Gasteiger partial charge in [0.2, 0.25) is 0 Å². The Morgan fingerprint density at radius 2 is 1.52 bits per heavy atom. The van der Waals surface area contributed by atoms with Crippen LogP contribution in [0.1, 0.15) is 20.3 Å². The number of amides is 1. The van der Waals surface area contributed by atoms with Gasteiger partial charge in [-0.05, 0) is 20.3 Å². The SMILES string of the molecule is CCN(CC)C(=O)COC(=O)C1C(C(=O)O)CC1C(=O)O. The molecule has 0 radical (unpaired) electrons. The normalized spacial score (nSPS) is 23.8. The zero-order valence-corrected chi connectivity index (χ0v) is 11.9. The van der Waals surface area contributed by atoms with Crippen molar-refractivity contribution >= 4 is 23.8 Å². The van der Waals surface area contributed by atoms with Crippen molar-refractivity contribution in [1.29, 1.82) is 0 Å². The number of hydrogen-bond acceptors (Lipinski definition) is 5. The maximum Gasteiger partial charge on any atom is 0.311 e. The van der Waals surface area contributed by atoms with Crippen LogP contribution in [0.25, 0.3) is 0 Å². The number of nitrogens with zero attached hydrogens (tertiary/aromatic N) is 1. The Kier molecular flexibility index (Phi) is 5.69. The number of rotatable bonds is 7. The molecule has 2 N–H and O–H groups in total. The second-order valence-corrected chi connectivity index (χ2v) is 4.82. The van der Waals surface area contributed by atoms with Gasteiger partial charge in [0.1, 0.15) is 0 Å². The van der Waals surface area contributed by atoms with E-state index in [9.17, 15) is 19.2 Å². The van der Waals surface area contributed by atoms with Gasteiger partial charge in [-0.1, -0.05) is 0 Å². The first-order chi connectivity index (χ1) is 9.83. The molecular formula is C13H19NO7. The summed E-state index contributed by atoms with van der Waals surface area (Å²) in [7, 11) is 0. The van der Waals surface area contributed by atoms with Crippen molar-refractivity contribution < 1.29 is 34.1 Å². The Balaban J connectivity index is 2.62. The van der Waals surface area contributed by atoms with Gasteiger partial charge in [-0.25, -0.2) is 0 Å². The van der Waals surface area contributed by atoms with Gasteiger partial charge < -0.3 is 19.8 Å². The van der Waals surface area contributed by atoms with Gasteiger partial charge in [0, 0.05) is 13.1 Å². The fourth-order valence-electron chi connectivity index (χ4n) is 2.39. The molecule has 1 aliphatic rings. The molecule has 0 aromatic heterocycles. The Labute approximate surface area is 121 Å². The summed E-state index contributed by atoms with van der Waals surface area (Å²) in [6.07, 6.45) is -0.103. The summed E-state index contributed by atoms with van der Waals surface area (Å²) >= 11 is 0. The summed E-state index contributed by atoms with van der Waals surface area (Å²) in [5.74, 6) is -7.17. The number of carbonyl (C=O) groups is 4. The van der Waals surface area contributed by atoms with Crippen molar-refractivity contribution in [3.63, 3.8) is 0 Å². The van der Waals surface area contributed by atoms with Crippen LogP contribution >= 0.6 is 0 Å². The summed E-state index contributed by atoms with van der Waals surface area (Å²) < 4.78 is 4.80. The molecule has 1 aliphatic carbocycles. The first kappa shape index (κ1) is 16.9. The molecule has 0 saturated heterocycles. The molecular weight excluding hydrogens is 282 g/mol. The molecule has 118 valence electrons. The van der Waals surface area contributed by atoms with Crippen LogP contribution in [0.4, 0.5) is 0 Å². The lowest BCUT2D eigenvalue weighted by Crippen LogP contribution is -2.50. The van der Waals surface area contributed by atoms with E-state index < -0.39 is 48.2 Å². The standard InChI is InChI=1S/C13H19NO7/c1-3-14(4-2)9(15)6-21-13(20)10-7(11(16)17)5-8(10)12(18)19/h7-8,10H,3-6H2,1-2H3,(H,16,17)(H,18,19). The number of aliphatic carboxylic acids is 2. The lowest BCUT2D eigenvalue weighted by atomic mass is 9.64. The van der Waals surface area contributed by atoms with E-state index in [1.54, 1.807) is 13.8 Å². The molecule has 1 saturated carbocycles. The van der Waals surface area contributed by atoms with Gasteiger partial charge in [0.15, 0.2) is 6.61 Å². The Bertz CT molecular complexity index is 424. The van der Waals surface area contributed by atoms with E-state index in [2.05, 4.69) is 0 Å². The van der Waals surface area contributed by atoms with Gasteiger partial charge in [-0.15, -0.1) is 0 Å². The maximum atomic E-state index is 11.8. The third-order valence-corrected chi connectivity index (χ3v) is 3.74. The fourth-order valence-corrected chi connectivity index (χ4v) is 2.39. The molecule has 2 atom stereocenters. The van der Waals surface area contributed by atoms with Crippen LogP contribution in [0.15, 0.2) is 0 Å². The molecule has 1 fully saturated rings. The molecule has 8 nitrogen and oxygen atoms in total. The van der Waals surface area contributed by atoms with Crippen molar-refractivity contribution in [1.82, 2.24) is 4.90 Å². The zero-order valence-electron chi connectivity index (χ0n) is 11.9. The van der Waals surface area contributed by atoms with Crippen molar-refractivity contribution in [3.8, 4) is 0 Å². The minimum Gasteiger partial charge on any atom is -0.481 e. The highest BCUT2D eigenvalue weighted by molar-refractivity contribution is 5.90. The van der Waals surface area contributed by atoms with Crippen molar-refractivity contribution in [3.05, 3.63) is 0 Å². The van der Waals surface area contributed by atoms with E-state index >= 15 is 0 Å². The smallest absolute Gasteiger partial charge is 0.311 e. The van der Waals surface area contributed by atoms with Crippen LogP contribution < -0.4 is 0 Å². The van der Waals surface area contributed by atoms with Crippen molar-refractivity contribution in [2.75, 3.05) is 19.7 Å². The quantitative estimate of drug-likeness (QED) is 0.625. The summed E-state index contributed by atoms with van der Waals surface area (Å²) in [6.45, 7) is 3.97. The average molecular weight is 301 g/mol. The van der Waals surface area contributed by atoms with Crippen LogP contribution in [0.3, 0.4) is 0 Å². The third-order valence-electron chi connectivity index (χ3n) is 3.74. The number of carbonyl (C=O) groups excluding carboxylic acids is 2. The molecule has 21 heavy (non-hydrogen) atoms. The minimum absolute atomic E-state index is 0.103. The molecule has 1 rings (SSSR count). The molecule has 0 aromatic carbocycles. The van der Waals surface area contributed by atoms with Crippen molar-refractivity contribution in [2.45, 2.75) is 20.3 Å². The van der Waals surface area contributed by atoms with E-state index in [1.807, 2.05) is 0 Å². The molecule has 0 spiro atoms. The summed E-state index contributed by atoms with van der Waals surface area (Å²) in [5.41, 5.74) is 0. The van der Waals surface area contributed by atoms with Gasteiger partial charge in [-0.2, -0.15) is 0 Å². The summed E-state index contributed by atoms with van der Waals surface area (Å²) in [5, 5.41) is 17.8. The number of hydrogen-bond donors (Lipinski definition) is 2. The molecule has 2 unspecified atom stereocenters. The highest BCUT2D eigenvalue weighted by Gasteiger charge is 2.54. The Morgan fingerprint density at radius 1 is 1.05 bits per heavy atom. The number of carboxylic acid groups (broad SMARTS) is 2. The first-order valence-electron chi connectivity index (χ1n) is 6.73. The lowest BCUT2D eigenvalue weighted by Gasteiger charge is -2.37. The predicted molar refractivity (Wildman–Crippen MR) is 69.2 cm³/mol. The molecule has 0 bridgehead atoms. The van der Waals surface area contributed by atoms with E-state index in [0.29, 0.717) is 13.1 Å². The van der Waals surface area contributed by atoms with Crippen LogP contribution in [-0.2, 0) is 23.9 Å². The molecule has 0 heterocycles. The summed E-state index contributed by atoms with van der Waals surface area (Å²) in [6, 6.07) is 0. The number of ether oxygens (including phenoxy) is 1. The van der Waals surface area contributed by atoms with Gasteiger partial charge in [0.05, 0.1) is 17.8 Å². The van der Waals surface area contributed by atoms with Crippen LogP contribution in [0.2, 0.25) is 0 Å². The molecule has 1 amide bonds. The highest BCUT2D eigenvalue weighted by Crippen LogP contribution is 2.41. The molecule has 0 aliphatic heterocycles. The maximum absolute atomic E-state index is 11.8. The van der Waals surface area contributed by atoms with Crippen LogP contribution in [0, 0.1) is 17.8 Å². The second-order valence-electron chi connectivity index (χ2n) is 4.82. The monoisotopic (exact) mass is 301 g/mol. The second kappa shape index (κ2) is 7.05. The first-order valence-corrected chi connectivity index (χ1v) is 6.73. The van der Waals surface area contributed by atoms with E-state index in [1.165, 1.54) is 4.90 Å². The van der Waals surface area contributed by atoms with Gasteiger partial charge in [0.25, 0.3) is 5.91 Å². The highest BCUT2D eigenvalue weighted by atomic mass is 16.5. The number of likely N-dealkylation sites (N-methyl/N-ethyl adjacent to an activating group) is 1. The van der Waals surface area contributed by atoms with E-state index in [-0.39, 0.29) is 6.42 Å². The minimum atomic E-state index is -1.23. The van der Waals surface area contributed by atoms with Crippen molar-refractivity contribution in [2.24, 2.45) is 17.8 Å².